The molecular weight excluding hydrogens is 370 g/mol. The first-order chi connectivity index (χ1) is 14.1. The Bertz CT molecular complexity index is 803. The molecule has 1 amide bonds. The van der Waals surface area contributed by atoms with Crippen LogP contribution in [0.15, 0.2) is 48.8 Å². The summed E-state index contributed by atoms with van der Waals surface area (Å²) in [4.78, 5) is 33.2. The van der Waals surface area contributed by atoms with Gasteiger partial charge in [0.2, 0.25) is 5.91 Å². The predicted molar refractivity (Wildman–Crippen MR) is 110 cm³/mol. The SMILES string of the molecule is COC(=O)C(CC(=O)N1CCN(c2ccncc2)CC1)Cc1ccc(OC)cc1. The zero-order valence-electron chi connectivity index (χ0n) is 16.9. The predicted octanol–water partition coefficient (Wildman–Crippen LogP) is 2.16. The van der Waals surface area contributed by atoms with Gasteiger partial charge in [0.05, 0.1) is 20.1 Å². The molecule has 0 aliphatic carbocycles. The second kappa shape index (κ2) is 9.91. The van der Waals surface area contributed by atoms with Crippen LogP contribution in [0.25, 0.3) is 0 Å². The van der Waals surface area contributed by atoms with E-state index in [1.165, 1.54) is 7.11 Å². The fourth-order valence-corrected chi connectivity index (χ4v) is 3.56. The smallest absolute Gasteiger partial charge is 0.309 e. The van der Waals surface area contributed by atoms with E-state index < -0.39 is 5.92 Å². The molecule has 0 spiro atoms. The molecule has 1 fully saturated rings. The van der Waals surface area contributed by atoms with Gasteiger partial charge in [-0.2, -0.15) is 0 Å². The Labute approximate surface area is 171 Å². The van der Waals surface area contributed by atoms with Gasteiger partial charge in [0.1, 0.15) is 5.75 Å². The van der Waals surface area contributed by atoms with Gasteiger partial charge >= 0.3 is 5.97 Å². The molecule has 29 heavy (non-hydrogen) atoms. The Balaban J connectivity index is 1.57. The molecule has 1 atom stereocenters. The van der Waals surface area contributed by atoms with E-state index in [1.54, 1.807) is 19.5 Å². The van der Waals surface area contributed by atoms with Crippen LogP contribution in [0.1, 0.15) is 12.0 Å². The third kappa shape index (κ3) is 5.47. The third-order valence-electron chi connectivity index (χ3n) is 5.26. The van der Waals surface area contributed by atoms with Gasteiger partial charge < -0.3 is 19.3 Å². The highest BCUT2D eigenvalue weighted by Gasteiger charge is 2.28. The number of rotatable bonds is 7. The van der Waals surface area contributed by atoms with Crippen LogP contribution in [0.5, 0.6) is 5.75 Å². The van der Waals surface area contributed by atoms with Crippen molar-refractivity contribution in [3.05, 3.63) is 54.4 Å². The van der Waals surface area contributed by atoms with Gasteiger partial charge in [-0.05, 0) is 36.2 Å². The van der Waals surface area contributed by atoms with Gasteiger partial charge in [-0.25, -0.2) is 0 Å². The van der Waals surface area contributed by atoms with Gasteiger partial charge in [0, 0.05) is 50.7 Å². The molecule has 1 unspecified atom stereocenters. The summed E-state index contributed by atoms with van der Waals surface area (Å²) in [6.45, 7) is 2.80. The fraction of sp³-hybridized carbons (Fsp3) is 0.409. The van der Waals surface area contributed by atoms with E-state index in [4.69, 9.17) is 9.47 Å². The minimum absolute atomic E-state index is 0.0108. The number of ether oxygens (including phenoxy) is 2. The zero-order valence-corrected chi connectivity index (χ0v) is 16.9. The van der Waals surface area contributed by atoms with Crippen molar-refractivity contribution in [1.29, 1.82) is 0 Å². The minimum atomic E-state index is -0.501. The number of anilines is 1. The van der Waals surface area contributed by atoms with E-state index in [9.17, 15) is 9.59 Å². The van der Waals surface area contributed by atoms with Crippen LogP contribution in [-0.2, 0) is 20.7 Å². The summed E-state index contributed by atoms with van der Waals surface area (Å²) in [6.07, 6.45) is 4.15. The lowest BCUT2D eigenvalue weighted by Gasteiger charge is -2.36. The second-order valence-corrected chi connectivity index (χ2v) is 7.05. The summed E-state index contributed by atoms with van der Waals surface area (Å²) >= 11 is 0. The number of esters is 1. The number of pyridine rings is 1. The average molecular weight is 397 g/mol. The van der Waals surface area contributed by atoms with Crippen LogP contribution >= 0.6 is 0 Å². The maximum absolute atomic E-state index is 12.8. The Kier molecular flexibility index (Phi) is 7.05. The number of carbonyl (C=O) groups is 2. The first kappa shape index (κ1) is 20.6. The van der Waals surface area contributed by atoms with E-state index in [0.29, 0.717) is 19.5 Å². The number of hydrogen-bond donors (Lipinski definition) is 0. The third-order valence-corrected chi connectivity index (χ3v) is 5.26. The Morgan fingerprint density at radius 3 is 2.24 bits per heavy atom. The highest BCUT2D eigenvalue weighted by molar-refractivity contribution is 5.83. The van der Waals surface area contributed by atoms with Gasteiger partial charge in [-0.3, -0.25) is 14.6 Å². The zero-order chi connectivity index (χ0) is 20.6. The summed E-state index contributed by atoms with van der Waals surface area (Å²) in [5, 5.41) is 0. The summed E-state index contributed by atoms with van der Waals surface area (Å²) in [5.41, 5.74) is 2.08. The van der Waals surface area contributed by atoms with Crippen LogP contribution < -0.4 is 9.64 Å². The molecule has 1 saturated heterocycles. The largest absolute Gasteiger partial charge is 0.497 e. The fourth-order valence-electron chi connectivity index (χ4n) is 3.56. The lowest BCUT2D eigenvalue weighted by molar-refractivity contribution is -0.149. The Morgan fingerprint density at radius 2 is 1.66 bits per heavy atom. The first-order valence-corrected chi connectivity index (χ1v) is 9.74. The maximum atomic E-state index is 12.8. The van der Waals surface area contributed by atoms with Crippen molar-refractivity contribution < 1.29 is 19.1 Å². The van der Waals surface area contributed by atoms with Crippen LogP contribution in [0.2, 0.25) is 0 Å². The lowest BCUT2D eigenvalue weighted by Crippen LogP contribution is -2.49. The monoisotopic (exact) mass is 397 g/mol. The molecule has 3 rings (SSSR count). The molecule has 154 valence electrons. The summed E-state index contributed by atoms with van der Waals surface area (Å²) in [5.74, 6) is -0.112. The Morgan fingerprint density at radius 1 is 1.00 bits per heavy atom. The minimum Gasteiger partial charge on any atom is -0.497 e. The molecule has 7 heteroatoms. The number of aromatic nitrogens is 1. The molecule has 2 heterocycles. The van der Waals surface area contributed by atoms with Crippen molar-refractivity contribution in [2.75, 3.05) is 45.3 Å². The highest BCUT2D eigenvalue weighted by atomic mass is 16.5. The summed E-state index contributed by atoms with van der Waals surface area (Å²) < 4.78 is 10.1. The van der Waals surface area contributed by atoms with Gasteiger partial charge in [-0.15, -0.1) is 0 Å². The molecule has 7 nitrogen and oxygen atoms in total. The molecule has 1 aliphatic heterocycles. The van der Waals surface area contributed by atoms with Crippen molar-refractivity contribution >= 4 is 17.6 Å². The van der Waals surface area contributed by atoms with Gasteiger partial charge in [0.15, 0.2) is 0 Å². The first-order valence-electron chi connectivity index (χ1n) is 9.74. The standard InChI is InChI=1S/C22H27N3O4/c1-28-20-5-3-17(4-6-20)15-18(22(27)29-2)16-21(26)25-13-11-24(12-14-25)19-7-9-23-10-8-19/h3-10,18H,11-16H2,1-2H3. The van der Waals surface area contributed by atoms with Crippen LogP contribution in [0.4, 0.5) is 5.69 Å². The Hall–Kier alpha value is -3.09. The normalized spacial score (nSPS) is 15.0. The maximum Gasteiger partial charge on any atom is 0.309 e. The van der Waals surface area contributed by atoms with Crippen molar-refractivity contribution in [3.63, 3.8) is 0 Å². The quantitative estimate of drug-likeness (QED) is 0.667. The van der Waals surface area contributed by atoms with E-state index in [-0.39, 0.29) is 18.3 Å². The van der Waals surface area contributed by atoms with Gasteiger partial charge in [0.25, 0.3) is 0 Å². The topological polar surface area (TPSA) is 72.0 Å². The van der Waals surface area contributed by atoms with Crippen LogP contribution in [0.3, 0.4) is 0 Å². The number of hydrogen-bond acceptors (Lipinski definition) is 6. The van der Waals surface area contributed by atoms with E-state index in [0.717, 1.165) is 30.1 Å². The number of carbonyl (C=O) groups excluding carboxylic acids is 2. The van der Waals surface area contributed by atoms with Crippen LogP contribution in [-0.4, -0.2) is 62.2 Å². The number of benzene rings is 1. The molecule has 0 bridgehead atoms. The van der Waals surface area contributed by atoms with E-state index in [2.05, 4.69) is 9.88 Å². The molecule has 0 N–H and O–H groups in total. The highest BCUT2D eigenvalue weighted by Crippen LogP contribution is 2.20. The summed E-state index contributed by atoms with van der Waals surface area (Å²) in [6, 6.07) is 11.5. The molecule has 0 saturated carbocycles. The second-order valence-electron chi connectivity index (χ2n) is 7.05. The van der Waals surface area contributed by atoms with Crippen LogP contribution in [0, 0.1) is 5.92 Å². The van der Waals surface area contributed by atoms with Crippen molar-refractivity contribution in [2.45, 2.75) is 12.8 Å². The molecule has 1 aromatic carbocycles. The molecule has 2 aromatic rings. The van der Waals surface area contributed by atoms with E-state index in [1.807, 2.05) is 41.3 Å². The number of amides is 1. The van der Waals surface area contributed by atoms with Crippen molar-refractivity contribution in [1.82, 2.24) is 9.88 Å². The summed E-state index contributed by atoms with van der Waals surface area (Å²) in [7, 11) is 2.97. The van der Waals surface area contributed by atoms with Crippen molar-refractivity contribution in [2.24, 2.45) is 5.92 Å². The molecule has 0 radical (unpaired) electrons. The van der Waals surface area contributed by atoms with Crippen molar-refractivity contribution in [3.8, 4) is 5.75 Å². The molecular formula is C22H27N3O4. The number of piperazine rings is 1. The van der Waals surface area contributed by atoms with Gasteiger partial charge in [-0.1, -0.05) is 12.1 Å². The number of nitrogens with zero attached hydrogens (tertiary/aromatic N) is 3. The lowest BCUT2D eigenvalue weighted by atomic mass is 9.95. The number of methoxy groups -OCH3 is 2. The molecule has 1 aliphatic rings. The average Bonchev–Trinajstić information content (AvgIpc) is 2.79. The van der Waals surface area contributed by atoms with E-state index >= 15 is 0 Å². The molecule has 1 aromatic heterocycles.